The SMILES string of the molecule is COCC1(C(=O)NCC2CC(=O)N(C3CCCC3)C2)CCC1. The van der Waals surface area contributed by atoms with E-state index in [1.54, 1.807) is 7.11 Å². The first-order valence-electron chi connectivity index (χ1n) is 8.71. The highest BCUT2D eigenvalue weighted by molar-refractivity contribution is 5.84. The number of ether oxygens (including phenoxy) is 1. The molecule has 3 rings (SSSR count). The fraction of sp³-hybridized carbons (Fsp3) is 0.882. The van der Waals surface area contributed by atoms with E-state index in [0.29, 0.717) is 25.6 Å². The number of nitrogens with one attached hydrogen (secondary N) is 1. The van der Waals surface area contributed by atoms with Crippen molar-refractivity contribution in [2.75, 3.05) is 26.8 Å². The van der Waals surface area contributed by atoms with E-state index in [0.717, 1.165) is 38.6 Å². The molecule has 3 aliphatic rings. The lowest BCUT2D eigenvalue weighted by molar-refractivity contribution is -0.140. The van der Waals surface area contributed by atoms with Crippen molar-refractivity contribution in [2.45, 2.75) is 57.4 Å². The molecule has 1 unspecified atom stereocenters. The van der Waals surface area contributed by atoms with E-state index in [4.69, 9.17) is 4.74 Å². The lowest BCUT2D eigenvalue weighted by Crippen LogP contribution is -2.49. The van der Waals surface area contributed by atoms with Crippen molar-refractivity contribution < 1.29 is 14.3 Å². The van der Waals surface area contributed by atoms with E-state index in [9.17, 15) is 9.59 Å². The first kappa shape index (κ1) is 15.8. The van der Waals surface area contributed by atoms with E-state index >= 15 is 0 Å². The number of hydrogen-bond donors (Lipinski definition) is 1. The normalized spacial score (nSPS) is 28.0. The van der Waals surface area contributed by atoms with Crippen LogP contribution < -0.4 is 5.32 Å². The third kappa shape index (κ3) is 3.00. The fourth-order valence-electron chi connectivity index (χ4n) is 4.26. The Balaban J connectivity index is 1.48. The molecule has 0 aromatic carbocycles. The number of amides is 2. The smallest absolute Gasteiger partial charge is 0.228 e. The molecule has 5 nitrogen and oxygen atoms in total. The van der Waals surface area contributed by atoms with Crippen LogP contribution in [0.25, 0.3) is 0 Å². The van der Waals surface area contributed by atoms with Crippen LogP contribution in [0, 0.1) is 11.3 Å². The average molecular weight is 308 g/mol. The topological polar surface area (TPSA) is 58.6 Å². The summed E-state index contributed by atoms with van der Waals surface area (Å²) < 4.78 is 5.22. The van der Waals surface area contributed by atoms with Crippen LogP contribution in [-0.4, -0.2) is 49.6 Å². The van der Waals surface area contributed by atoms with Crippen molar-refractivity contribution in [3.05, 3.63) is 0 Å². The second kappa shape index (κ2) is 6.57. The maximum Gasteiger partial charge on any atom is 0.228 e. The molecule has 0 radical (unpaired) electrons. The van der Waals surface area contributed by atoms with Gasteiger partial charge in [0.25, 0.3) is 0 Å². The summed E-state index contributed by atoms with van der Waals surface area (Å²) >= 11 is 0. The molecule has 0 aromatic heterocycles. The van der Waals surface area contributed by atoms with Crippen LogP contribution in [0.5, 0.6) is 0 Å². The van der Waals surface area contributed by atoms with Gasteiger partial charge < -0.3 is 15.0 Å². The van der Waals surface area contributed by atoms with Crippen LogP contribution in [-0.2, 0) is 14.3 Å². The third-order valence-electron chi connectivity index (χ3n) is 5.77. The van der Waals surface area contributed by atoms with Crippen LogP contribution in [0.4, 0.5) is 0 Å². The predicted molar refractivity (Wildman–Crippen MR) is 83.2 cm³/mol. The Hall–Kier alpha value is -1.10. The summed E-state index contributed by atoms with van der Waals surface area (Å²) in [5, 5.41) is 3.09. The van der Waals surface area contributed by atoms with Crippen molar-refractivity contribution in [1.29, 1.82) is 0 Å². The molecule has 1 saturated heterocycles. The van der Waals surface area contributed by atoms with Gasteiger partial charge in [0.1, 0.15) is 0 Å². The monoisotopic (exact) mass is 308 g/mol. The van der Waals surface area contributed by atoms with Gasteiger partial charge in [-0.3, -0.25) is 9.59 Å². The third-order valence-corrected chi connectivity index (χ3v) is 5.77. The number of hydrogen-bond acceptors (Lipinski definition) is 3. The van der Waals surface area contributed by atoms with Crippen molar-refractivity contribution in [1.82, 2.24) is 10.2 Å². The number of carbonyl (C=O) groups is 2. The summed E-state index contributed by atoms with van der Waals surface area (Å²) in [4.78, 5) is 26.7. The van der Waals surface area contributed by atoms with Gasteiger partial charge in [-0.2, -0.15) is 0 Å². The molecule has 2 aliphatic carbocycles. The van der Waals surface area contributed by atoms with Crippen LogP contribution in [0.2, 0.25) is 0 Å². The molecule has 5 heteroatoms. The first-order valence-corrected chi connectivity index (χ1v) is 8.71. The van der Waals surface area contributed by atoms with Crippen molar-refractivity contribution in [3.8, 4) is 0 Å². The molecule has 1 aliphatic heterocycles. The molecular formula is C17H28N2O3. The zero-order valence-corrected chi connectivity index (χ0v) is 13.6. The summed E-state index contributed by atoms with van der Waals surface area (Å²) in [7, 11) is 1.66. The van der Waals surface area contributed by atoms with Gasteiger partial charge in [-0.25, -0.2) is 0 Å². The van der Waals surface area contributed by atoms with Crippen LogP contribution in [0.15, 0.2) is 0 Å². The molecule has 1 N–H and O–H groups in total. The van der Waals surface area contributed by atoms with Gasteiger partial charge in [0, 0.05) is 38.6 Å². The minimum Gasteiger partial charge on any atom is -0.384 e. The quantitative estimate of drug-likeness (QED) is 0.812. The van der Waals surface area contributed by atoms with Crippen LogP contribution in [0.3, 0.4) is 0 Å². The number of rotatable bonds is 6. The van der Waals surface area contributed by atoms with Gasteiger partial charge in [0.2, 0.25) is 11.8 Å². The van der Waals surface area contributed by atoms with Gasteiger partial charge in [0.15, 0.2) is 0 Å². The van der Waals surface area contributed by atoms with Crippen LogP contribution >= 0.6 is 0 Å². The molecule has 22 heavy (non-hydrogen) atoms. The molecule has 0 bridgehead atoms. The van der Waals surface area contributed by atoms with Crippen molar-refractivity contribution >= 4 is 11.8 Å². The van der Waals surface area contributed by atoms with E-state index in [2.05, 4.69) is 10.2 Å². The second-order valence-electron chi connectivity index (χ2n) is 7.33. The molecule has 1 heterocycles. The van der Waals surface area contributed by atoms with Gasteiger partial charge in [-0.1, -0.05) is 19.3 Å². The van der Waals surface area contributed by atoms with Gasteiger partial charge in [-0.15, -0.1) is 0 Å². The molecule has 2 saturated carbocycles. The van der Waals surface area contributed by atoms with Gasteiger partial charge in [0.05, 0.1) is 12.0 Å². The lowest BCUT2D eigenvalue weighted by atomic mass is 9.68. The molecule has 0 aromatic rings. The number of nitrogens with zero attached hydrogens (tertiary/aromatic N) is 1. The Morgan fingerprint density at radius 2 is 2.05 bits per heavy atom. The molecule has 124 valence electrons. The largest absolute Gasteiger partial charge is 0.384 e. The fourth-order valence-corrected chi connectivity index (χ4v) is 4.26. The predicted octanol–water partition coefficient (Wildman–Crippen LogP) is 1.71. The standard InChI is InChI=1S/C17H28N2O3/c1-22-12-17(7-4-8-17)16(21)18-10-13-9-15(20)19(11-13)14-5-2-3-6-14/h13-14H,2-12H2,1H3,(H,18,21). The summed E-state index contributed by atoms with van der Waals surface area (Å²) in [6.07, 6.45) is 8.34. The molecule has 3 fully saturated rings. The Morgan fingerprint density at radius 1 is 1.32 bits per heavy atom. The highest BCUT2D eigenvalue weighted by Gasteiger charge is 2.44. The average Bonchev–Trinajstić information content (AvgIpc) is 3.09. The van der Waals surface area contributed by atoms with E-state index < -0.39 is 0 Å². The summed E-state index contributed by atoms with van der Waals surface area (Å²) in [6, 6.07) is 0.458. The summed E-state index contributed by atoms with van der Waals surface area (Å²) in [6.45, 7) is 1.96. The minimum absolute atomic E-state index is 0.118. The molecular weight excluding hydrogens is 280 g/mol. The zero-order chi connectivity index (χ0) is 15.6. The zero-order valence-electron chi connectivity index (χ0n) is 13.6. The van der Waals surface area contributed by atoms with Gasteiger partial charge >= 0.3 is 0 Å². The Kier molecular flexibility index (Phi) is 4.71. The number of carbonyl (C=O) groups excluding carboxylic acids is 2. The summed E-state index contributed by atoms with van der Waals surface area (Å²) in [5.74, 6) is 0.672. The van der Waals surface area contributed by atoms with Crippen molar-refractivity contribution in [3.63, 3.8) is 0 Å². The molecule has 1 atom stereocenters. The maximum atomic E-state index is 12.4. The van der Waals surface area contributed by atoms with Gasteiger partial charge in [-0.05, 0) is 25.7 Å². The highest BCUT2D eigenvalue weighted by Crippen LogP contribution is 2.41. The van der Waals surface area contributed by atoms with E-state index in [-0.39, 0.29) is 23.1 Å². The van der Waals surface area contributed by atoms with Crippen molar-refractivity contribution in [2.24, 2.45) is 11.3 Å². The second-order valence-corrected chi connectivity index (χ2v) is 7.33. The summed E-state index contributed by atoms with van der Waals surface area (Å²) in [5.41, 5.74) is -0.303. The number of methoxy groups -OCH3 is 1. The molecule has 0 spiro atoms. The maximum absolute atomic E-state index is 12.4. The molecule has 2 amide bonds. The minimum atomic E-state index is -0.303. The lowest BCUT2D eigenvalue weighted by Gasteiger charge is -2.39. The Bertz CT molecular complexity index is 428. The Morgan fingerprint density at radius 3 is 2.64 bits per heavy atom. The van der Waals surface area contributed by atoms with E-state index in [1.165, 1.54) is 12.8 Å². The Labute approximate surface area is 132 Å². The van der Waals surface area contributed by atoms with E-state index in [1.807, 2.05) is 0 Å². The van der Waals surface area contributed by atoms with Crippen LogP contribution in [0.1, 0.15) is 51.4 Å². The highest BCUT2D eigenvalue weighted by atomic mass is 16.5. The first-order chi connectivity index (χ1) is 10.6. The number of likely N-dealkylation sites (tertiary alicyclic amines) is 1.